The lowest BCUT2D eigenvalue weighted by Crippen LogP contribution is -2.49. The second-order valence-electron chi connectivity index (χ2n) is 8.35. The van der Waals surface area contributed by atoms with Crippen molar-refractivity contribution in [1.29, 1.82) is 0 Å². The fraction of sp³-hybridized carbons (Fsp3) is 0.545. The summed E-state index contributed by atoms with van der Waals surface area (Å²) in [6.07, 6.45) is 7.14. The van der Waals surface area contributed by atoms with Crippen molar-refractivity contribution in [2.24, 2.45) is 5.92 Å². The number of aryl methyl sites for hydroxylation is 2. The Morgan fingerprint density at radius 1 is 1.30 bits per heavy atom. The van der Waals surface area contributed by atoms with Crippen molar-refractivity contribution in [3.05, 3.63) is 53.6 Å². The molecule has 1 aromatic carbocycles. The Kier molecular flexibility index (Phi) is 3.90. The molecule has 1 spiro atoms. The highest BCUT2D eigenvalue weighted by Gasteiger charge is 2.65. The minimum absolute atomic E-state index is 0.280. The van der Waals surface area contributed by atoms with Gasteiger partial charge in [0.05, 0.1) is 6.04 Å². The van der Waals surface area contributed by atoms with Crippen molar-refractivity contribution in [3.63, 3.8) is 0 Å². The molecule has 142 valence electrons. The predicted octanol–water partition coefficient (Wildman–Crippen LogP) is 3.15. The summed E-state index contributed by atoms with van der Waals surface area (Å²) in [5, 5.41) is 0. The molecule has 1 aromatic heterocycles. The van der Waals surface area contributed by atoms with E-state index in [4.69, 9.17) is 0 Å². The van der Waals surface area contributed by atoms with E-state index in [9.17, 15) is 4.79 Å². The number of aromatic nitrogens is 2. The van der Waals surface area contributed by atoms with Gasteiger partial charge in [-0.2, -0.15) is 0 Å². The van der Waals surface area contributed by atoms with Crippen LogP contribution in [-0.2, 0) is 17.9 Å². The van der Waals surface area contributed by atoms with Crippen LogP contribution in [0.4, 0.5) is 0 Å². The van der Waals surface area contributed by atoms with Gasteiger partial charge in [-0.3, -0.25) is 9.69 Å². The topological polar surface area (TPSA) is 41.4 Å². The van der Waals surface area contributed by atoms with Crippen LogP contribution >= 0.6 is 0 Å². The normalized spacial score (nSPS) is 30.1. The predicted molar refractivity (Wildman–Crippen MR) is 104 cm³/mol. The van der Waals surface area contributed by atoms with Crippen LogP contribution in [0.2, 0.25) is 0 Å². The highest BCUT2D eigenvalue weighted by Crippen LogP contribution is 2.55. The van der Waals surface area contributed by atoms with Crippen molar-refractivity contribution in [3.8, 4) is 0 Å². The molecule has 0 bridgehead atoms. The minimum Gasteiger partial charge on any atom is -0.336 e. The van der Waals surface area contributed by atoms with Crippen LogP contribution in [0.3, 0.4) is 0 Å². The van der Waals surface area contributed by atoms with E-state index in [2.05, 4.69) is 63.7 Å². The highest BCUT2D eigenvalue weighted by atomic mass is 16.2. The van der Waals surface area contributed by atoms with Crippen molar-refractivity contribution in [1.82, 2.24) is 19.4 Å². The number of hydrogen-bond acceptors (Lipinski definition) is 3. The average molecular weight is 364 g/mol. The van der Waals surface area contributed by atoms with Crippen molar-refractivity contribution < 1.29 is 4.79 Å². The van der Waals surface area contributed by atoms with E-state index in [1.54, 1.807) is 0 Å². The number of nitrogens with zero attached hydrogens (tertiary/aromatic N) is 4. The minimum atomic E-state index is -0.280. The number of hydrogen-bond donors (Lipinski definition) is 0. The second-order valence-corrected chi connectivity index (χ2v) is 8.35. The lowest BCUT2D eigenvalue weighted by molar-refractivity contribution is -0.137. The van der Waals surface area contributed by atoms with E-state index < -0.39 is 0 Å². The maximum Gasteiger partial charge on any atom is 0.243 e. The summed E-state index contributed by atoms with van der Waals surface area (Å²) < 4.78 is 2.24. The molecule has 3 fully saturated rings. The Labute approximate surface area is 161 Å². The molecule has 27 heavy (non-hydrogen) atoms. The molecule has 3 atom stereocenters. The molecule has 0 unspecified atom stereocenters. The first-order chi connectivity index (χ1) is 13.1. The maximum atomic E-state index is 13.6. The number of rotatable bonds is 4. The van der Waals surface area contributed by atoms with Gasteiger partial charge in [0.15, 0.2) is 0 Å². The van der Waals surface area contributed by atoms with Crippen LogP contribution in [0.1, 0.15) is 49.2 Å². The third-order valence-corrected chi connectivity index (χ3v) is 7.14. The number of imidazole rings is 1. The van der Waals surface area contributed by atoms with E-state index in [1.165, 1.54) is 11.1 Å². The van der Waals surface area contributed by atoms with Gasteiger partial charge >= 0.3 is 0 Å². The van der Waals surface area contributed by atoms with E-state index in [0.717, 1.165) is 51.3 Å². The summed E-state index contributed by atoms with van der Waals surface area (Å²) in [4.78, 5) is 22.9. The Morgan fingerprint density at radius 2 is 2.15 bits per heavy atom. The zero-order valence-electron chi connectivity index (χ0n) is 16.3. The van der Waals surface area contributed by atoms with Crippen LogP contribution in [-0.4, -0.2) is 43.9 Å². The van der Waals surface area contributed by atoms with Gasteiger partial charge in [-0.15, -0.1) is 0 Å². The van der Waals surface area contributed by atoms with E-state index in [0.29, 0.717) is 11.8 Å². The summed E-state index contributed by atoms with van der Waals surface area (Å²) >= 11 is 0. The molecule has 0 aliphatic carbocycles. The summed E-state index contributed by atoms with van der Waals surface area (Å²) in [7, 11) is 0. The first-order valence-corrected chi connectivity index (χ1v) is 10.3. The van der Waals surface area contributed by atoms with Crippen molar-refractivity contribution >= 4 is 5.91 Å². The molecule has 0 saturated carbocycles. The molecule has 3 aliphatic heterocycles. The lowest BCUT2D eigenvalue weighted by atomic mass is 9.85. The van der Waals surface area contributed by atoms with Gasteiger partial charge in [0.1, 0.15) is 11.4 Å². The molecule has 0 radical (unpaired) electrons. The van der Waals surface area contributed by atoms with Crippen LogP contribution in [0.25, 0.3) is 0 Å². The Hall–Kier alpha value is -2.14. The summed E-state index contributed by atoms with van der Waals surface area (Å²) in [5.41, 5.74) is 2.26. The van der Waals surface area contributed by atoms with Gasteiger partial charge in [0, 0.05) is 44.5 Å². The van der Waals surface area contributed by atoms with Gasteiger partial charge in [-0.1, -0.05) is 24.3 Å². The molecule has 2 aromatic rings. The standard InChI is InChI=1S/C22H28N4O/c1-3-24-12-10-23-20(24)19-13-18-15-25(14-17-8-5-4-7-16(17)2)21(27)22(18)9-6-11-26(19)22/h4-5,7-8,10,12,18-19H,3,6,9,11,13-15H2,1-2H3/t18-,19-,22-/m0/s1. The molecule has 5 rings (SSSR count). The van der Waals surface area contributed by atoms with Crippen LogP contribution in [0.15, 0.2) is 36.7 Å². The molecular formula is C22H28N4O. The largest absolute Gasteiger partial charge is 0.336 e. The van der Waals surface area contributed by atoms with Crippen LogP contribution in [0.5, 0.6) is 0 Å². The molecular weight excluding hydrogens is 336 g/mol. The molecule has 3 aliphatic rings. The molecule has 5 nitrogen and oxygen atoms in total. The van der Waals surface area contributed by atoms with Crippen molar-refractivity contribution in [2.75, 3.05) is 13.1 Å². The third-order valence-electron chi connectivity index (χ3n) is 7.14. The smallest absolute Gasteiger partial charge is 0.243 e. The average Bonchev–Trinajstić information content (AvgIpc) is 3.40. The zero-order valence-corrected chi connectivity index (χ0v) is 16.3. The van der Waals surface area contributed by atoms with E-state index in [1.807, 2.05) is 6.20 Å². The highest BCUT2D eigenvalue weighted by molar-refractivity contribution is 5.90. The molecule has 4 heterocycles. The monoisotopic (exact) mass is 364 g/mol. The van der Waals surface area contributed by atoms with Gasteiger partial charge in [0.2, 0.25) is 5.91 Å². The Bertz CT molecular complexity index is 875. The third kappa shape index (κ3) is 2.34. The van der Waals surface area contributed by atoms with Gasteiger partial charge in [0.25, 0.3) is 0 Å². The van der Waals surface area contributed by atoms with Crippen LogP contribution in [0, 0.1) is 12.8 Å². The Balaban J connectivity index is 1.44. The van der Waals surface area contributed by atoms with Gasteiger partial charge in [-0.05, 0) is 44.2 Å². The van der Waals surface area contributed by atoms with E-state index in [-0.39, 0.29) is 11.6 Å². The zero-order chi connectivity index (χ0) is 18.6. The summed E-state index contributed by atoms with van der Waals surface area (Å²) in [5.74, 6) is 1.92. The lowest BCUT2D eigenvalue weighted by Gasteiger charge is -2.33. The van der Waals surface area contributed by atoms with Gasteiger partial charge in [-0.25, -0.2) is 4.98 Å². The SMILES string of the molecule is CCn1ccnc1[C@@H]1C[C@H]2CN(Cc3ccccc3C)C(=O)[C@]23CCCN13. The molecule has 0 N–H and O–H groups in total. The summed E-state index contributed by atoms with van der Waals surface area (Å²) in [6, 6.07) is 8.72. The first-order valence-electron chi connectivity index (χ1n) is 10.3. The van der Waals surface area contributed by atoms with Crippen molar-refractivity contribution in [2.45, 2.75) is 57.8 Å². The van der Waals surface area contributed by atoms with E-state index >= 15 is 0 Å². The number of carbonyl (C=O) groups is 1. The summed E-state index contributed by atoms with van der Waals surface area (Å²) in [6.45, 7) is 7.87. The molecule has 3 saturated heterocycles. The Morgan fingerprint density at radius 3 is 2.96 bits per heavy atom. The first kappa shape index (κ1) is 17.0. The number of likely N-dealkylation sites (tertiary alicyclic amines) is 1. The quantitative estimate of drug-likeness (QED) is 0.837. The number of amides is 1. The fourth-order valence-electron chi connectivity index (χ4n) is 5.84. The number of benzene rings is 1. The second kappa shape index (κ2) is 6.20. The fourth-order valence-corrected chi connectivity index (χ4v) is 5.84. The molecule has 5 heteroatoms. The molecule has 1 amide bonds. The van der Waals surface area contributed by atoms with Gasteiger partial charge < -0.3 is 9.47 Å². The van der Waals surface area contributed by atoms with Crippen LogP contribution < -0.4 is 0 Å². The number of carbonyl (C=O) groups excluding carboxylic acids is 1. The maximum absolute atomic E-state index is 13.6.